The van der Waals surface area contributed by atoms with Gasteiger partial charge in [-0.2, -0.15) is 0 Å². The Kier molecular flexibility index (Phi) is 4.67. The Hall–Kier alpha value is -1.96. The van der Waals surface area contributed by atoms with Gasteiger partial charge in [-0.15, -0.1) is 0 Å². The highest BCUT2D eigenvalue weighted by Gasteiger charge is 2.08. The smallest absolute Gasteiger partial charge is 0.0522 e. The Morgan fingerprint density at radius 1 is 0.773 bits per heavy atom. The van der Waals surface area contributed by atoms with Gasteiger partial charge in [-0.25, -0.2) is 0 Å². The van der Waals surface area contributed by atoms with Crippen molar-refractivity contribution in [2.75, 3.05) is 0 Å². The maximum Gasteiger partial charge on any atom is 0.0522 e. The zero-order valence-corrected chi connectivity index (χ0v) is 13.6. The van der Waals surface area contributed by atoms with E-state index in [1.807, 2.05) is 54.6 Å². The van der Waals surface area contributed by atoms with Crippen molar-refractivity contribution in [1.29, 1.82) is 0 Å². The van der Waals surface area contributed by atoms with Gasteiger partial charge in [-0.1, -0.05) is 96.6 Å². The van der Waals surface area contributed by atoms with Crippen LogP contribution in [0.25, 0.3) is 0 Å². The topological polar surface area (TPSA) is 0 Å². The largest absolute Gasteiger partial charge is 0.0840 e. The lowest BCUT2D eigenvalue weighted by atomic mass is 10.00. The number of hydrogen-bond acceptors (Lipinski definition) is 1. The Bertz CT molecular complexity index is 779. The van der Waals surface area contributed by atoms with Crippen molar-refractivity contribution in [3.8, 4) is 0 Å². The maximum atomic E-state index is 6.45. The van der Waals surface area contributed by atoms with Gasteiger partial charge in [-0.05, 0) is 34.7 Å². The molecule has 0 heterocycles. The summed E-state index contributed by atoms with van der Waals surface area (Å²) in [6.07, 6.45) is 0.831. The predicted molar refractivity (Wildman–Crippen MR) is 97.9 cm³/mol. The highest BCUT2D eigenvalue weighted by atomic mass is 35.5. The number of benzene rings is 3. The molecule has 0 spiro atoms. The van der Waals surface area contributed by atoms with Gasteiger partial charge in [-0.3, -0.25) is 0 Å². The van der Waals surface area contributed by atoms with E-state index in [0.717, 1.165) is 33.0 Å². The maximum absolute atomic E-state index is 6.45. The molecule has 0 aliphatic carbocycles. The van der Waals surface area contributed by atoms with Crippen LogP contribution in [0, 0.1) is 0 Å². The molecule has 2 heteroatoms. The van der Waals surface area contributed by atoms with E-state index in [1.54, 1.807) is 0 Å². The first-order valence-electron chi connectivity index (χ1n) is 7.16. The molecule has 0 nitrogen and oxygen atoms in total. The first-order chi connectivity index (χ1) is 10.7. The number of thiocarbonyl (C=S) groups is 1. The van der Waals surface area contributed by atoms with Gasteiger partial charge >= 0.3 is 0 Å². The van der Waals surface area contributed by atoms with E-state index in [1.165, 1.54) is 5.56 Å². The van der Waals surface area contributed by atoms with E-state index in [0.29, 0.717) is 0 Å². The van der Waals surface area contributed by atoms with E-state index in [9.17, 15) is 0 Å². The number of hydrogen-bond donors (Lipinski definition) is 0. The Balaban J connectivity index is 1.85. The second-order valence-corrected chi connectivity index (χ2v) is 5.98. The second kappa shape index (κ2) is 6.87. The molecule has 0 unspecified atom stereocenters. The average Bonchev–Trinajstić information content (AvgIpc) is 2.58. The van der Waals surface area contributed by atoms with Crippen LogP contribution in [0.5, 0.6) is 0 Å². The molecule has 3 aromatic carbocycles. The fraction of sp³-hybridized carbons (Fsp3) is 0.0500. The summed E-state index contributed by atoms with van der Waals surface area (Å²) in [4.78, 5) is 0.828. The molecule has 0 aliphatic rings. The molecule has 0 bridgehead atoms. The van der Waals surface area contributed by atoms with Crippen molar-refractivity contribution >= 4 is 28.7 Å². The molecule has 0 amide bonds. The molecular weight excluding hydrogens is 308 g/mol. The number of rotatable bonds is 4. The molecule has 3 rings (SSSR count). The zero-order valence-electron chi connectivity index (χ0n) is 12.0. The highest BCUT2D eigenvalue weighted by Crippen LogP contribution is 2.23. The molecule has 3 aromatic rings. The number of halogens is 1. The van der Waals surface area contributed by atoms with Crippen molar-refractivity contribution in [2.45, 2.75) is 6.42 Å². The van der Waals surface area contributed by atoms with Crippen molar-refractivity contribution in [1.82, 2.24) is 0 Å². The van der Waals surface area contributed by atoms with Crippen LogP contribution >= 0.6 is 23.8 Å². The fourth-order valence-corrected chi connectivity index (χ4v) is 2.91. The molecule has 0 saturated heterocycles. The fourth-order valence-electron chi connectivity index (χ4n) is 2.40. The molecule has 108 valence electrons. The van der Waals surface area contributed by atoms with Gasteiger partial charge in [0.15, 0.2) is 0 Å². The molecular formula is C20H15ClS. The summed E-state index contributed by atoms with van der Waals surface area (Å²) >= 11 is 12.0. The summed E-state index contributed by atoms with van der Waals surface area (Å²) in [5.74, 6) is 0. The Labute approximate surface area is 141 Å². The summed E-state index contributed by atoms with van der Waals surface area (Å²) in [5, 5.41) is 0.764. The minimum Gasteiger partial charge on any atom is -0.0840 e. The van der Waals surface area contributed by atoms with Gasteiger partial charge in [0.25, 0.3) is 0 Å². The quantitative estimate of drug-likeness (QED) is 0.439. The molecule has 0 aliphatic heterocycles. The van der Waals surface area contributed by atoms with Crippen molar-refractivity contribution < 1.29 is 0 Å². The van der Waals surface area contributed by atoms with E-state index >= 15 is 0 Å². The third-order valence-corrected chi connectivity index (χ3v) is 4.41. The molecule has 0 radical (unpaired) electrons. The first kappa shape index (κ1) is 15.0. The van der Waals surface area contributed by atoms with E-state index in [4.69, 9.17) is 23.8 Å². The van der Waals surface area contributed by atoms with Gasteiger partial charge in [0, 0.05) is 5.02 Å². The van der Waals surface area contributed by atoms with E-state index in [-0.39, 0.29) is 0 Å². The lowest BCUT2D eigenvalue weighted by Gasteiger charge is -2.09. The van der Waals surface area contributed by atoms with E-state index < -0.39 is 0 Å². The molecule has 22 heavy (non-hydrogen) atoms. The van der Waals surface area contributed by atoms with Gasteiger partial charge in [0.05, 0.1) is 4.86 Å². The summed E-state index contributed by atoms with van der Waals surface area (Å²) in [6.45, 7) is 0. The van der Waals surface area contributed by atoms with E-state index in [2.05, 4.69) is 24.3 Å². The summed E-state index contributed by atoms with van der Waals surface area (Å²) in [5.41, 5.74) is 4.41. The van der Waals surface area contributed by atoms with Crippen LogP contribution in [-0.4, -0.2) is 4.86 Å². The molecule has 0 fully saturated rings. The predicted octanol–water partition coefficient (Wildman–Crippen LogP) is 5.70. The highest BCUT2D eigenvalue weighted by molar-refractivity contribution is 7.81. The summed E-state index contributed by atoms with van der Waals surface area (Å²) < 4.78 is 0. The normalized spacial score (nSPS) is 10.4. The molecule has 0 saturated carbocycles. The van der Waals surface area contributed by atoms with Crippen LogP contribution in [0.2, 0.25) is 5.02 Å². The van der Waals surface area contributed by atoms with Crippen LogP contribution in [0.4, 0.5) is 0 Å². The van der Waals surface area contributed by atoms with Crippen LogP contribution in [0.15, 0.2) is 78.9 Å². The van der Waals surface area contributed by atoms with Gasteiger partial charge in [0.2, 0.25) is 0 Å². The Morgan fingerprint density at radius 3 is 2.05 bits per heavy atom. The molecule has 0 atom stereocenters. The van der Waals surface area contributed by atoms with Gasteiger partial charge < -0.3 is 0 Å². The Morgan fingerprint density at radius 2 is 1.41 bits per heavy atom. The van der Waals surface area contributed by atoms with Crippen LogP contribution < -0.4 is 0 Å². The lowest BCUT2D eigenvalue weighted by Crippen LogP contribution is -2.00. The first-order valence-corrected chi connectivity index (χ1v) is 7.95. The van der Waals surface area contributed by atoms with Crippen molar-refractivity contribution in [2.24, 2.45) is 0 Å². The van der Waals surface area contributed by atoms with Crippen LogP contribution in [-0.2, 0) is 6.42 Å². The lowest BCUT2D eigenvalue weighted by molar-refractivity contribution is 1.19. The third kappa shape index (κ3) is 3.44. The van der Waals surface area contributed by atoms with Crippen molar-refractivity contribution in [3.05, 3.63) is 106 Å². The van der Waals surface area contributed by atoms with Gasteiger partial charge in [0.1, 0.15) is 0 Å². The third-order valence-electron chi connectivity index (χ3n) is 3.59. The second-order valence-electron chi connectivity index (χ2n) is 5.16. The van der Waals surface area contributed by atoms with Crippen LogP contribution in [0.1, 0.15) is 22.3 Å². The standard InChI is InChI=1S/C20H15ClS/c21-19-14-18(20(22)16-9-5-2-6-10-16)12-11-17(19)13-15-7-3-1-4-8-15/h1-12,14H,13H2. The molecule has 0 aromatic heterocycles. The monoisotopic (exact) mass is 322 g/mol. The summed E-state index contributed by atoms with van der Waals surface area (Å²) in [7, 11) is 0. The molecule has 0 N–H and O–H groups in total. The SMILES string of the molecule is S=C(c1ccccc1)c1ccc(Cc2ccccc2)c(Cl)c1. The minimum atomic E-state index is 0.764. The summed E-state index contributed by atoms with van der Waals surface area (Å²) in [6, 6.07) is 26.4. The van der Waals surface area contributed by atoms with Crippen molar-refractivity contribution in [3.63, 3.8) is 0 Å². The minimum absolute atomic E-state index is 0.764. The van der Waals surface area contributed by atoms with Crippen LogP contribution in [0.3, 0.4) is 0 Å². The zero-order chi connectivity index (χ0) is 15.4. The average molecular weight is 323 g/mol.